The molecule has 90 valence electrons. The molecule has 0 heterocycles. The van der Waals surface area contributed by atoms with Crippen molar-refractivity contribution in [2.75, 3.05) is 25.4 Å². The molecular formula is C10H18N4OS. The van der Waals surface area contributed by atoms with Crippen molar-refractivity contribution in [1.29, 1.82) is 5.26 Å². The van der Waals surface area contributed by atoms with Crippen LogP contribution in [0.1, 0.15) is 20.8 Å². The first kappa shape index (κ1) is 14.8. The summed E-state index contributed by atoms with van der Waals surface area (Å²) in [6, 6.07) is 0. The highest BCUT2D eigenvalue weighted by Gasteiger charge is 2.11. The summed E-state index contributed by atoms with van der Waals surface area (Å²) in [5.74, 6) is 0.383. The minimum Gasteiger partial charge on any atom is -0.343 e. The van der Waals surface area contributed by atoms with E-state index in [1.54, 1.807) is 4.90 Å². The van der Waals surface area contributed by atoms with Crippen molar-refractivity contribution < 1.29 is 4.79 Å². The van der Waals surface area contributed by atoms with Crippen LogP contribution in [0.25, 0.3) is 0 Å². The summed E-state index contributed by atoms with van der Waals surface area (Å²) in [7, 11) is 0. The van der Waals surface area contributed by atoms with E-state index in [9.17, 15) is 4.79 Å². The van der Waals surface area contributed by atoms with Gasteiger partial charge in [0.15, 0.2) is 11.4 Å². The molecule has 5 nitrogen and oxygen atoms in total. The molecule has 0 aromatic carbocycles. The van der Waals surface area contributed by atoms with Gasteiger partial charge < -0.3 is 4.90 Å². The SMILES string of the molecule is CCN=C(NC#N)SCC(=O)N(CC)CC. The van der Waals surface area contributed by atoms with Gasteiger partial charge in [0.05, 0.1) is 5.75 Å². The second-order valence-electron chi connectivity index (χ2n) is 2.87. The Kier molecular flexibility index (Phi) is 8.35. The predicted molar refractivity (Wildman–Crippen MR) is 67.1 cm³/mol. The van der Waals surface area contributed by atoms with Gasteiger partial charge in [-0.2, -0.15) is 5.26 Å². The maximum Gasteiger partial charge on any atom is 0.233 e. The zero-order valence-electron chi connectivity index (χ0n) is 9.99. The molecule has 0 saturated carbocycles. The molecule has 0 unspecified atom stereocenters. The van der Waals surface area contributed by atoms with Gasteiger partial charge in [-0.3, -0.25) is 15.1 Å². The van der Waals surface area contributed by atoms with Gasteiger partial charge >= 0.3 is 0 Å². The van der Waals surface area contributed by atoms with Crippen LogP contribution in [0.5, 0.6) is 0 Å². The number of hydrogen-bond donors (Lipinski definition) is 1. The van der Waals surface area contributed by atoms with Crippen molar-refractivity contribution in [2.24, 2.45) is 4.99 Å². The molecule has 0 saturated heterocycles. The van der Waals surface area contributed by atoms with E-state index >= 15 is 0 Å². The molecule has 16 heavy (non-hydrogen) atoms. The summed E-state index contributed by atoms with van der Waals surface area (Å²) in [6.45, 7) is 7.78. The second-order valence-corrected chi connectivity index (χ2v) is 3.84. The van der Waals surface area contributed by atoms with Gasteiger partial charge in [-0.05, 0) is 20.8 Å². The molecule has 0 aliphatic heterocycles. The summed E-state index contributed by atoms with van der Waals surface area (Å²) in [6.07, 6.45) is 1.81. The highest BCUT2D eigenvalue weighted by molar-refractivity contribution is 8.14. The lowest BCUT2D eigenvalue weighted by Crippen LogP contribution is -2.32. The fourth-order valence-electron chi connectivity index (χ4n) is 1.11. The van der Waals surface area contributed by atoms with Crippen molar-refractivity contribution in [3.05, 3.63) is 0 Å². The van der Waals surface area contributed by atoms with E-state index in [-0.39, 0.29) is 5.91 Å². The van der Waals surface area contributed by atoms with Gasteiger partial charge in [-0.1, -0.05) is 11.8 Å². The number of carbonyl (C=O) groups excluding carboxylic acids is 1. The first-order valence-electron chi connectivity index (χ1n) is 5.29. The molecule has 0 atom stereocenters. The van der Waals surface area contributed by atoms with Crippen LogP contribution in [0.15, 0.2) is 4.99 Å². The molecule has 1 N–H and O–H groups in total. The normalized spacial score (nSPS) is 10.8. The fourth-order valence-corrected chi connectivity index (χ4v) is 1.89. The number of aliphatic imine (C=N–C) groups is 1. The molecule has 0 spiro atoms. The minimum atomic E-state index is 0.0681. The average Bonchev–Trinajstić information content (AvgIpc) is 2.28. The predicted octanol–water partition coefficient (Wildman–Crippen LogP) is 1.03. The Morgan fingerprint density at radius 2 is 2.06 bits per heavy atom. The van der Waals surface area contributed by atoms with E-state index in [0.717, 1.165) is 0 Å². The van der Waals surface area contributed by atoms with Gasteiger partial charge in [0.1, 0.15) is 0 Å². The van der Waals surface area contributed by atoms with Gasteiger partial charge in [0, 0.05) is 19.6 Å². The maximum absolute atomic E-state index is 11.7. The van der Waals surface area contributed by atoms with Crippen LogP contribution in [0.3, 0.4) is 0 Å². The summed E-state index contributed by atoms with van der Waals surface area (Å²) in [4.78, 5) is 17.5. The van der Waals surface area contributed by atoms with Crippen LogP contribution >= 0.6 is 11.8 Å². The molecule has 0 aromatic heterocycles. The number of amidine groups is 1. The number of nitriles is 1. The highest BCUT2D eigenvalue weighted by Crippen LogP contribution is 2.04. The summed E-state index contributed by atoms with van der Waals surface area (Å²) >= 11 is 1.26. The fraction of sp³-hybridized carbons (Fsp3) is 0.700. The Bertz CT molecular complexity index is 281. The molecule has 0 aliphatic carbocycles. The number of rotatable bonds is 5. The van der Waals surface area contributed by atoms with Crippen LogP contribution in [-0.4, -0.2) is 41.4 Å². The molecule has 0 aromatic rings. The second kappa shape index (κ2) is 9.04. The summed E-state index contributed by atoms with van der Waals surface area (Å²) in [5.41, 5.74) is 0. The molecule has 0 fully saturated rings. The minimum absolute atomic E-state index is 0.0681. The number of hydrogen-bond acceptors (Lipinski definition) is 4. The third kappa shape index (κ3) is 5.61. The molecular weight excluding hydrogens is 224 g/mol. The Balaban J connectivity index is 4.16. The zero-order valence-corrected chi connectivity index (χ0v) is 10.8. The van der Waals surface area contributed by atoms with Crippen molar-refractivity contribution in [3.8, 4) is 6.19 Å². The zero-order chi connectivity index (χ0) is 12.4. The quantitative estimate of drug-likeness (QED) is 0.338. The molecule has 0 aliphatic rings. The average molecular weight is 242 g/mol. The summed E-state index contributed by atoms with van der Waals surface area (Å²) < 4.78 is 0. The van der Waals surface area contributed by atoms with Crippen LogP contribution in [-0.2, 0) is 4.79 Å². The van der Waals surface area contributed by atoms with Gasteiger partial charge in [-0.15, -0.1) is 0 Å². The van der Waals surface area contributed by atoms with Crippen LogP contribution < -0.4 is 5.32 Å². The van der Waals surface area contributed by atoms with Gasteiger partial charge in [0.2, 0.25) is 5.91 Å². The smallest absolute Gasteiger partial charge is 0.233 e. The first-order chi connectivity index (χ1) is 7.69. The molecule has 0 rings (SSSR count). The Hall–Kier alpha value is -1.22. The van der Waals surface area contributed by atoms with Crippen LogP contribution in [0.4, 0.5) is 0 Å². The number of nitrogens with zero attached hydrogens (tertiary/aromatic N) is 3. The van der Waals surface area contributed by atoms with Crippen molar-refractivity contribution in [1.82, 2.24) is 10.2 Å². The third-order valence-electron chi connectivity index (χ3n) is 1.91. The monoisotopic (exact) mass is 242 g/mol. The first-order valence-corrected chi connectivity index (χ1v) is 6.28. The molecule has 0 bridgehead atoms. The van der Waals surface area contributed by atoms with E-state index in [2.05, 4.69) is 10.3 Å². The third-order valence-corrected chi connectivity index (χ3v) is 2.81. The number of amides is 1. The van der Waals surface area contributed by atoms with E-state index in [1.165, 1.54) is 11.8 Å². The lowest BCUT2D eigenvalue weighted by atomic mass is 10.5. The van der Waals surface area contributed by atoms with E-state index < -0.39 is 0 Å². The summed E-state index contributed by atoms with van der Waals surface area (Å²) in [5, 5.41) is 11.4. The number of nitrogens with one attached hydrogen (secondary N) is 1. The Morgan fingerprint density at radius 3 is 2.50 bits per heavy atom. The molecule has 0 radical (unpaired) electrons. The number of carbonyl (C=O) groups is 1. The van der Waals surface area contributed by atoms with E-state index in [1.807, 2.05) is 27.0 Å². The largest absolute Gasteiger partial charge is 0.343 e. The highest BCUT2D eigenvalue weighted by atomic mass is 32.2. The lowest BCUT2D eigenvalue weighted by Gasteiger charge is -2.18. The molecule has 6 heteroatoms. The Morgan fingerprint density at radius 1 is 1.44 bits per heavy atom. The van der Waals surface area contributed by atoms with Crippen molar-refractivity contribution in [3.63, 3.8) is 0 Å². The van der Waals surface area contributed by atoms with Crippen LogP contribution in [0.2, 0.25) is 0 Å². The van der Waals surface area contributed by atoms with Gasteiger partial charge in [0.25, 0.3) is 0 Å². The van der Waals surface area contributed by atoms with Gasteiger partial charge in [-0.25, -0.2) is 0 Å². The number of thioether (sulfide) groups is 1. The standard InChI is InChI=1S/C10H18N4OS/c1-4-12-10(13-8-11)16-7-9(15)14(5-2)6-3/h4-7H2,1-3H3,(H,12,13). The Labute approximate surface area is 101 Å². The van der Waals surface area contributed by atoms with Crippen molar-refractivity contribution in [2.45, 2.75) is 20.8 Å². The van der Waals surface area contributed by atoms with Crippen LogP contribution in [0, 0.1) is 11.5 Å². The maximum atomic E-state index is 11.7. The molecule has 1 amide bonds. The lowest BCUT2D eigenvalue weighted by molar-refractivity contribution is -0.127. The topological polar surface area (TPSA) is 68.5 Å². The van der Waals surface area contributed by atoms with E-state index in [0.29, 0.717) is 30.6 Å². The van der Waals surface area contributed by atoms with Crippen molar-refractivity contribution >= 4 is 22.8 Å². The van der Waals surface area contributed by atoms with E-state index in [4.69, 9.17) is 5.26 Å².